The first-order chi connectivity index (χ1) is 6.67. The monoisotopic (exact) mass is 197 g/mol. The van der Waals surface area contributed by atoms with Crippen molar-refractivity contribution in [2.75, 3.05) is 7.11 Å². The molecule has 0 saturated heterocycles. The molecule has 1 aromatic heterocycles. The van der Waals surface area contributed by atoms with Crippen molar-refractivity contribution in [1.82, 2.24) is 0 Å². The third-order valence-electron chi connectivity index (χ3n) is 2.01. The second kappa shape index (κ2) is 4.81. The number of aryl methyl sites for hydroxylation is 1. The molecule has 4 nitrogen and oxygen atoms in total. The summed E-state index contributed by atoms with van der Waals surface area (Å²) in [5.41, 5.74) is 5.74. The third-order valence-corrected chi connectivity index (χ3v) is 2.01. The Kier molecular flexibility index (Phi) is 3.71. The van der Waals surface area contributed by atoms with Gasteiger partial charge >= 0.3 is 5.97 Å². The SMILES string of the molecule is CCc1ccc(C(N)CC(=O)OC)o1. The first kappa shape index (κ1) is 10.8. The van der Waals surface area contributed by atoms with E-state index in [4.69, 9.17) is 10.2 Å². The highest BCUT2D eigenvalue weighted by molar-refractivity contribution is 5.70. The van der Waals surface area contributed by atoms with Gasteiger partial charge in [0, 0.05) is 6.42 Å². The molecule has 0 radical (unpaired) electrons. The van der Waals surface area contributed by atoms with Gasteiger partial charge in [0.2, 0.25) is 0 Å². The van der Waals surface area contributed by atoms with Crippen LogP contribution in [0.2, 0.25) is 0 Å². The van der Waals surface area contributed by atoms with Crippen molar-refractivity contribution in [2.45, 2.75) is 25.8 Å². The van der Waals surface area contributed by atoms with Gasteiger partial charge < -0.3 is 14.9 Å². The van der Waals surface area contributed by atoms with E-state index >= 15 is 0 Å². The molecule has 0 aliphatic heterocycles. The smallest absolute Gasteiger partial charge is 0.307 e. The van der Waals surface area contributed by atoms with E-state index in [-0.39, 0.29) is 12.4 Å². The second-order valence-corrected chi connectivity index (χ2v) is 3.04. The molecule has 0 amide bonds. The van der Waals surface area contributed by atoms with Crippen molar-refractivity contribution in [3.63, 3.8) is 0 Å². The predicted molar refractivity (Wildman–Crippen MR) is 51.6 cm³/mol. The summed E-state index contributed by atoms with van der Waals surface area (Å²) in [5.74, 6) is 1.18. The number of carbonyl (C=O) groups is 1. The number of carbonyl (C=O) groups excluding carboxylic acids is 1. The summed E-state index contributed by atoms with van der Waals surface area (Å²) in [7, 11) is 1.34. The Bertz CT molecular complexity index is 306. The lowest BCUT2D eigenvalue weighted by Crippen LogP contribution is -2.15. The molecule has 4 heteroatoms. The van der Waals surface area contributed by atoms with Crippen molar-refractivity contribution in [1.29, 1.82) is 0 Å². The average Bonchev–Trinajstić information content (AvgIpc) is 2.65. The van der Waals surface area contributed by atoms with Crippen molar-refractivity contribution >= 4 is 5.97 Å². The molecule has 1 atom stereocenters. The molecule has 1 unspecified atom stereocenters. The molecule has 0 fully saturated rings. The van der Waals surface area contributed by atoms with Crippen LogP contribution in [0.5, 0.6) is 0 Å². The van der Waals surface area contributed by atoms with Crippen molar-refractivity contribution in [2.24, 2.45) is 5.73 Å². The molecular weight excluding hydrogens is 182 g/mol. The van der Waals surface area contributed by atoms with Crippen molar-refractivity contribution < 1.29 is 13.9 Å². The Hall–Kier alpha value is -1.29. The largest absolute Gasteiger partial charge is 0.469 e. The molecule has 0 saturated carbocycles. The van der Waals surface area contributed by atoms with E-state index < -0.39 is 6.04 Å². The predicted octanol–water partition coefficient (Wildman–Crippen LogP) is 1.40. The van der Waals surface area contributed by atoms with Gasteiger partial charge in [0.1, 0.15) is 11.5 Å². The normalized spacial score (nSPS) is 12.5. The Balaban J connectivity index is 2.60. The van der Waals surface area contributed by atoms with Crippen LogP contribution in [-0.4, -0.2) is 13.1 Å². The summed E-state index contributed by atoms with van der Waals surface area (Å²) in [6.45, 7) is 1.99. The average molecular weight is 197 g/mol. The number of rotatable bonds is 4. The number of hydrogen-bond donors (Lipinski definition) is 1. The fraction of sp³-hybridized carbons (Fsp3) is 0.500. The standard InChI is InChI=1S/C10H15NO3/c1-3-7-4-5-9(14-7)8(11)6-10(12)13-2/h4-5,8H,3,6,11H2,1-2H3. The molecule has 1 heterocycles. The molecular formula is C10H15NO3. The first-order valence-electron chi connectivity index (χ1n) is 4.58. The number of hydrogen-bond acceptors (Lipinski definition) is 4. The third kappa shape index (κ3) is 2.60. The van der Waals surface area contributed by atoms with Gasteiger partial charge in [-0.3, -0.25) is 4.79 Å². The van der Waals surface area contributed by atoms with Crippen LogP contribution >= 0.6 is 0 Å². The highest BCUT2D eigenvalue weighted by Crippen LogP contribution is 2.17. The number of esters is 1. The minimum Gasteiger partial charge on any atom is -0.469 e. The number of nitrogens with two attached hydrogens (primary N) is 1. The van der Waals surface area contributed by atoms with E-state index in [0.29, 0.717) is 5.76 Å². The van der Waals surface area contributed by atoms with Gasteiger partial charge in [0.15, 0.2) is 0 Å². The lowest BCUT2D eigenvalue weighted by molar-refractivity contribution is -0.141. The summed E-state index contributed by atoms with van der Waals surface area (Å²) in [6.07, 6.45) is 0.970. The van der Waals surface area contributed by atoms with Gasteiger partial charge in [-0.15, -0.1) is 0 Å². The van der Waals surface area contributed by atoms with Gasteiger partial charge in [-0.2, -0.15) is 0 Å². The Morgan fingerprint density at radius 3 is 2.86 bits per heavy atom. The molecule has 1 rings (SSSR count). The Morgan fingerprint density at radius 1 is 1.64 bits per heavy atom. The van der Waals surface area contributed by atoms with Crippen LogP contribution in [0.25, 0.3) is 0 Å². The fourth-order valence-electron chi connectivity index (χ4n) is 1.15. The minimum atomic E-state index is -0.414. The number of ether oxygens (including phenoxy) is 1. The second-order valence-electron chi connectivity index (χ2n) is 3.04. The van der Waals surface area contributed by atoms with E-state index in [0.717, 1.165) is 12.2 Å². The van der Waals surface area contributed by atoms with Gasteiger partial charge in [-0.05, 0) is 12.1 Å². The minimum absolute atomic E-state index is 0.146. The quantitative estimate of drug-likeness (QED) is 0.741. The fourth-order valence-corrected chi connectivity index (χ4v) is 1.15. The van der Waals surface area contributed by atoms with E-state index in [1.54, 1.807) is 6.07 Å². The summed E-state index contributed by atoms with van der Waals surface area (Å²) >= 11 is 0. The Labute approximate surface area is 83.0 Å². The summed E-state index contributed by atoms with van der Waals surface area (Å²) in [6, 6.07) is 3.25. The molecule has 78 valence electrons. The molecule has 2 N–H and O–H groups in total. The van der Waals surface area contributed by atoms with Crippen LogP contribution in [0.1, 0.15) is 30.9 Å². The molecule has 0 aliphatic rings. The van der Waals surface area contributed by atoms with Crippen molar-refractivity contribution in [3.8, 4) is 0 Å². The van der Waals surface area contributed by atoms with E-state index in [9.17, 15) is 4.79 Å². The zero-order chi connectivity index (χ0) is 10.6. The van der Waals surface area contributed by atoms with Gasteiger partial charge in [-0.1, -0.05) is 6.92 Å². The molecule has 0 aromatic carbocycles. The maximum Gasteiger partial charge on any atom is 0.307 e. The van der Waals surface area contributed by atoms with Gasteiger partial charge in [0.25, 0.3) is 0 Å². The van der Waals surface area contributed by atoms with E-state index in [1.165, 1.54) is 7.11 Å². The van der Waals surface area contributed by atoms with Gasteiger partial charge in [-0.25, -0.2) is 0 Å². The van der Waals surface area contributed by atoms with Crippen molar-refractivity contribution in [3.05, 3.63) is 23.7 Å². The molecule has 0 bridgehead atoms. The van der Waals surface area contributed by atoms with Crippen LogP contribution in [-0.2, 0) is 16.0 Å². The summed E-state index contributed by atoms with van der Waals surface area (Å²) < 4.78 is 9.92. The van der Waals surface area contributed by atoms with Crippen LogP contribution in [0.15, 0.2) is 16.5 Å². The molecule has 0 aliphatic carbocycles. The maximum absolute atomic E-state index is 10.9. The molecule has 14 heavy (non-hydrogen) atoms. The van der Waals surface area contributed by atoms with Crippen LogP contribution < -0.4 is 5.73 Å². The van der Waals surface area contributed by atoms with E-state index in [1.807, 2.05) is 13.0 Å². The van der Waals surface area contributed by atoms with Crippen LogP contribution in [0.4, 0.5) is 0 Å². The highest BCUT2D eigenvalue weighted by Gasteiger charge is 2.15. The maximum atomic E-state index is 10.9. The summed E-state index contributed by atoms with van der Waals surface area (Å²) in [4.78, 5) is 10.9. The lowest BCUT2D eigenvalue weighted by atomic mass is 10.2. The lowest BCUT2D eigenvalue weighted by Gasteiger charge is -2.06. The molecule has 0 spiro atoms. The topological polar surface area (TPSA) is 65.5 Å². The summed E-state index contributed by atoms with van der Waals surface area (Å²) in [5, 5.41) is 0. The van der Waals surface area contributed by atoms with Crippen LogP contribution in [0.3, 0.4) is 0 Å². The highest BCUT2D eigenvalue weighted by atomic mass is 16.5. The van der Waals surface area contributed by atoms with Crippen LogP contribution in [0, 0.1) is 0 Å². The Morgan fingerprint density at radius 2 is 2.36 bits per heavy atom. The van der Waals surface area contributed by atoms with Gasteiger partial charge in [0.05, 0.1) is 19.6 Å². The zero-order valence-electron chi connectivity index (χ0n) is 8.45. The zero-order valence-corrected chi connectivity index (χ0v) is 8.45. The number of methoxy groups -OCH3 is 1. The first-order valence-corrected chi connectivity index (χ1v) is 4.58. The molecule has 1 aromatic rings. The van der Waals surface area contributed by atoms with E-state index in [2.05, 4.69) is 4.74 Å². The number of furan rings is 1.